The fraction of sp³-hybridized carbons (Fsp3) is 0.222. The second-order valence-electron chi connectivity index (χ2n) is 5.08. The van der Waals surface area contributed by atoms with Gasteiger partial charge in [0.2, 0.25) is 6.17 Å². The molecule has 1 N–H and O–H groups in total. The molecule has 6 heteroatoms. The molecular formula is C18H18FNO4. The molecular weight excluding hydrogens is 313 g/mol. The molecule has 24 heavy (non-hydrogen) atoms. The molecule has 0 radical (unpaired) electrons. The Hall–Kier alpha value is -2.89. The lowest BCUT2D eigenvalue weighted by Gasteiger charge is -2.10. The van der Waals surface area contributed by atoms with Crippen molar-refractivity contribution in [3.05, 3.63) is 65.7 Å². The summed E-state index contributed by atoms with van der Waals surface area (Å²) in [4.78, 5) is 22.9. The van der Waals surface area contributed by atoms with Gasteiger partial charge in [0, 0.05) is 12.1 Å². The Morgan fingerprint density at radius 1 is 1.08 bits per heavy atom. The van der Waals surface area contributed by atoms with Crippen LogP contribution in [0.15, 0.2) is 54.6 Å². The number of rotatable bonds is 6. The molecule has 0 aromatic heterocycles. The number of benzene rings is 2. The first-order valence-corrected chi connectivity index (χ1v) is 7.37. The van der Waals surface area contributed by atoms with Gasteiger partial charge in [-0.25, -0.2) is 14.0 Å². The van der Waals surface area contributed by atoms with Crippen LogP contribution in [0.2, 0.25) is 0 Å². The van der Waals surface area contributed by atoms with E-state index < -0.39 is 18.2 Å². The van der Waals surface area contributed by atoms with Gasteiger partial charge in [0.15, 0.2) is 0 Å². The predicted octanol–water partition coefficient (Wildman–Crippen LogP) is 3.49. The summed E-state index contributed by atoms with van der Waals surface area (Å²) in [5, 5.41) is 2.57. The number of nitrogens with one attached hydrogen (secondary N) is 1. The third-order valence-electron chi connectivity index (χ3n) is 3.26. The molecule has 126 valence electrons. The van der Waals surface area contributed by atoms with E-state index in [1.54, 1.807) is 24.3 Å². The van der Waals surface area contributed by atoms with Crippen LogP contribution < -0.4 is 5.32 Å². The molecule has 2 aromatic carbocycles. The minimum atomic E-state index is -1.74. The zero-order valence-electron chi connectivity index (χ0n) is 13.2. The van der Waals surface area contributed by atoms with E-state index >= 15 is 0 Å². The Morgan fingerprint density at radius 3 is 2.50 bits per heavy atom. The first kappa shape index (κ1) is 17.5. The van der Waals surface area contributed by atoms with Gasteiger partial charge in [0.05, 0.1) is 7.11 Å². The highest BCUT2D eigenvalue weighted by Crippen LogP contribution is 2.14. The van der Waals surface area contributed by atoms with Gasteiger partial charge in [0.25, 0.3) is 0 Å². The van der Waals surface area contributed by atoms with Crippen molar-refractivity contribution in [3.63, 3.8) is 0 Å². The van der Waals surface area contributed by atoms with Crippen molar-refractivity contribution in [2.24, 2.45) is 0 Å². The van der Waals surface area contributed by atoms with Crippen LogP contribution in [0.3, 0.4) is 0 Å². The fourth-order valence-corrected chi connectivity index (χ4v) is 2.07. The summed E-state index contributed by atoms with van der Waals surface area (Å²) in [7, 11) is 1.13. The van der Waals surface area contributed by atoms with Crippen LogP contribution in [-0.4, -0.2) is 25.3 Å². The van der Waals surface area contributed by atoms with Crippen molar-refractivity contribution in [1.29, 1.82) is 0 Å². The number of anilines is 1. The third kappa shape index (κ3) is 5.39. The van der Waals surface area contributed by atoms with Crippen LogP contribution >= 0.6 is 0 Å². The summed E-state index contributed by atoms with van der Waals surface area (Å²) < 4.78 is 23.1. The highest BCUT2D eigenvalue weighted by Gasteiger charge is 2.18. The number of alkyl halides is 1. The standard InChI is InChI=1S/C18H18FNO4/c1-23-17(21)16(19)11-14-8-5-9-15(10-14)20-18(22)24-12-13-6-3-2-4-7-13/h2-10,16H,11-12H2,1H3,(H,20,22). The molecule has 2 rings (SSSR count). The van der Waals surface area contributed by atoms with Gasteiger partial charge < -0.3 is 9.47 Å². The average molecular weight is 331 g/mol. The lowest BCUT2D eigenvalue weighted by atomic mass is 10.1. The monoisotopic (exact) mass is 331 g/mol. The number of methoxy groups -OCH3 is 1. The number of carbonyl (C=O) groups is 2. The van der Waals surface area contributed by atoms with E-state index in [2.05, 4.69) is 10.1 Å². The van der Waals surface area contributed by atoms with E-state index in [1.807, 2.05) is 30.3 Å². The van der Waals surface area contributed by atoms with Crippen LogP contribution in [-0.2, 0) is 27.3 Å². The van der Waals surface area contributed by atoms with Crippen molar-refractivity contribution in [2.75, 3.05) is 12.4 Å². The largest absolute Gasteiger partial charge is 0.467 e. The summed E-state index contributed by atoms with van der Waals surface area (Å²) >= 11 is 0. The minimum Gasteiger partial charge on any atom is -0.467 e. The van der Waals surface area contributed by atoms with Gasteiger partial charge in [-0.05, 0) is 23.3 Å². The van der Waals surface area contributed by atoms with Crippen molar-refractivity contribution >= 4 is 17.7 Å². The number of halogens is 1. The summed E-state index contributed by atoms with van der Waals surface area (Å²) in [6.07, 6.45) is -2.47. The molecule has 1 amide bonds. The molecule has 2 aromatic rings. The van der Waals surface area contributed by atoms with E-state index in [4.69, 9.17) is 4.74 Å². The van der Waals surface area contributed by atoms with Gasteiger partial charge in [-0.2, -0.15) is 0 Å². The summed E-state index contributed by atoms with van der Waals surface area (Å²) in [5.74, 6) is -0.921. The molecule has 5 nitrogen and oxygen atoms in total. The Morgan fingerprint density at radius 2 is 1.79 bits per heavy atom. The van der Waals surface area contributed by atoms with E-state index in [9.17, 15) is 14.0 Å². The molecule has 0 spiro atoms. The van der Waals surface area contributed by atoms with Crippen molar-refractivity contribution in [3.8, 4) is 0 Å². The highest BCUT2D eigenvalue weighted by molar-refractivity contribution is 5.84. The van der Waals surface area contributed by atoms with Gasteiger partial charge in [-0.1, -0.05) is 42.5 Å². The van der Waals surface area contributed by atoms with Crippen molar-refractivity contribution in [1.82, 2.24) is 0 Å². The van der Waals surface area contributed by atoms with Crippen molar-refractivity contribution in [2.45, 2.75) is 19.2 Å². The molecule has 0 aliphatic carbocycles. The van der Waals surface area contributed by atoms with Crippen LogP contribution in [0.5, 0.6) is 0 Å². The summed E-state index contributed by atoms with van der Waals surface area (Å²) in [6, 6.07) is 15.8. The number of amides is 1. The molecule has 0 bridgehead atoms. The van der Waals surface area contributed by atoms with E-state index in [1.165, 1.54) is 0 Å². The normalized spacial score (nSPS) is 11.4. The van der Waals surface area contributed by atoms with Crippen LogP contribution in [0.4, 0.5) is 14.9 Å². The summed E-state index contributed by atoms with van der Waals surface area (Å²) in [6.45, 7) is 0.154. The smallest absolute Gasteiger partial charge is 0.411 e. The van der Waals surface area contributed by atoms with Gasteiger partial charge in [0.1, 0.15) is 6.61 Å². The Balaban J connectivity index is 1.89. The third-order valence-corrected chi connectivity index (χ3v) is 3.26. The molecule has 0 heterocycles. The van der Waals surface area contributed by atoms with E-state index in [-0.39, 0.29) is 13.0 Å². The number of hydrogen-bond acceptors (Lipinski definition) is 4. The predicted molar refractivity (Wildman–Crippen MR) is 87.3 cm³/mol. The van der Waals surface area contributed by atoms with Gasteiger partial charge >= 0.3 is 12.1 Å². The zero-order chi connectivity index (χ0) is 17.4. The SMILES string of the molecule is COC(=O)C(F)Cc1cccc(NC(=O)OCc2ccccc2)c1. The number of ether oxygens (including phenoxy) is 2. The minimum absolute atomic E-state index is 0.124. The Bertz CT molecular complexity index is 690. The van der Waals surface area contributed by atoms with E-state index in [0.29, 0.717) is 11.3 Å². The number of hydrogen-bond donors (Lipinski definition) is 1. The lowest BCUT2D eigenvalue weighted by molar-refractivity contribution is -0.146. The van der Waals surface area contributed by atoms with Crippen molar-refractivity contribution < 1.29 is 23.5 Å². The van der Waals surface area contributed by atoms with Crippen LogP contribution in [0, 0.1) is 0 Å². The molecule has 0 aliphatic rings. The van der Waals surface area contributed by atoms with Crippen LogP contribution in [0.1, 0.15) is 11.1 Å². The molecule has 1 unspecified atom stereocenters. The first-order valence-electron chi connectivity index (χ1n) is 7.37. The van der Waals surface area contributed by atoms with Gasteiger partial charge in [-0.3, -0.25) is 5.32 Å². The molecule has 0 aliphatic heterocycles. The second-order valence-corrected chi connectivity index (χ2v) is 5.08. The fourth-order valence-electron chi connectivity index (χ4n) is 2.07. The molecule has 0 saturated carbocycles. The molecule has 0 fully saturated rings. The van der Waals surface area contributed by atoms with Gasteiger partial charge in [-0.15, -0.1) is 0 Å². The number of carbonyl (C=O) groups excluding carboxylic acids is 2. The lowest BCUT2D eigenvalue weighted by Crippen LogP contribution is -2.20. The second kappa shape index (κ2) is 8.67. The zero-order valence-corrected chi connectivity index (χ0v) is 13.2. The molecule has 0 saturated heterocycles. The average Bonchev–Trinajstić information content (AvgIpc) is 2.60. The van der Waals surface area contributed by atoms with E-state index in [0.717, 1.165) is 12.7 Å². The Labute approximate surface area is 139 Å². The maximum absolute atomic E-state index is 13.6. The van der Waals surface area contributed by atoms with Crippen LogP contribution in [0.25, 0.3) is 0 Å². The first-order chi connectivity index (χ1) is 11.6. The highest BCUT2D eigenvalue weighted by atomic mass is 19.1. The topological polar surface area (TPSA) is 64.6 Å². The molecule has 1 atom stereocenters. The Kier molecular flexibility index (Phi) is 6.31. The summed E-state index contributed by atoms with van der Waals surface area (Å²) in [5.41, 5.74) is 1.90. The maximum atomic E-state index is 13.6. The maximum Gasteiger partial charge on any atom is 0.411 e. The number of esters is 1. The quantitative estimate of drug-likeness (QED) is 0.823.